The molecule has 3 rings (SSSR count). The molecule has 2 fully saturated rings. The molecule has 1 N–H and O–H groups in total. The predicted molar refractivity (Wildman–Crippen MR) is 93.1 cm³/mol. The summed E-state index contributed by atoms with van der Waals surface area (Å²) in [6, 6.07) is 4.10. The Morgan fingerprint density at radius 3 is 2.60 bits per heavy atom. The van der Waals surface area contributed by atoms with Gasteiger partial charge < -0.3 is 10.1 Å². The monoisotopic (exact) mass is 369 g/mol. The molecule has 138 valence electrons. The Morgan fingerprint density at radius 2 is 2.00 bits per heavy atom. The Hall–Kier alpha value is -1.71. The molecule has 2 aliphatic rings. The number of nitrogens with zero attached hydrogens (tertiary/aromatic N) is 2. The molecule has 0 radical (unpaired) electrons. The van der Waals surface area contributed by atoms with E-state index in [4.69, 9.17) is 4.74 Å². The third-order valence-corrected chi connectivity index (χ3v) is 6.87. The molecule has 1 aliphatic carbocycles. The van der Waals surface area contributed by atoms with Gasteiger partial charge >= 0.3 is 0 Å². The third-order valence-electron chi connectivity index (χ3n) is 4.94. The maximum Gasteiger partial charge on any atom is 0.270 e. The van der Waals surface area contributed by atoms with Gasteiger partial charge in [-0.3, -0.25) is 10.1 Å². The van der Waals surface area contributed by atoms with Crippen LogP contribution in [0, 0.1) is 10.1 Å². The van der Waals surface area contributed by atoms with Gasteiger partial charge in [-0.2, -0.15) is 4.31 Å². The van der Waals surface area contributed by atoms with Gasteiger partial charge in [-0.15, -0.1) is 0 Å². The van der Waals surface area contributed by atoms with Crippen molar-refractivity contribution in [2.24, 2.45) is 0 Å². The summed E-state index contributed by atoms with van der Waals surface area (Å²) in [6.07, 6.45) is 4.36. The Labute approximate surface area is 147 Å². The van der Waals surface area contributed by atoms with Crippen molar-refractivity contribution in [3.8, 4) is 0 Å². The van der Waals surface area contributed by atoms with E-state index in [2.05, 4.69) is 5.32 Å². The van der Waals surface area contributed by atoms with Gasteiger partial charge in [0.1, 0.15) is 4.90 Å². The number of rotatable bonds is 6. The summed E-state index contributed by atoms with van der Waals surface area (Å²) in [7, 11) is -2.08. The zero-order valence-electron chi connectivity index (χ0n) is 14.2. The predicted octanol–water partition coefficient (Wildman–Crippen LogP) is 2.36. The van der Waals surface area contributed by atoms with Crippen molar-refractivity contribution in [3.05, 3.63) is 28.3 Å². The topological polar surface area (TPSA) is 102 Å². The van der Waals surface area contributed by atoms with Crippen molar-refractivity contribution in [1.82, 2.24) is 4.31 Å². The van der Waals surface area contributed by atoms with Crippen molar-refractivity contribution < 1.29 is 18.1 Å². The quantitative estimate of drug-likeness (QED) is 0.610. The summed E-state index contributed by atoms with van der Waals surface area (Å²) in [4.78, 5) is 10.5. The Bertz CT molecular complexity index is 746. The molecule has 0 amide bonds. The van der Waals surface area contributed by atoms with E-state index >= 15 is 0 Å². The molecule has 25 heavy (non-hydrogen) atoms. The van der Waals surface area contributed by atoms with E-state index in [1.165, 1.54) is 22.5 Å². The van der Waals surface area contributed by atoms with Crippen LogP contribution < -0.4 is 5.32 Å². The van der Waals surface area contributed by atoms with Crippen LogP contribution in [0.4, 0.5) is 11.4 Å². The van der Waals surface area contributed by atoms with Gasteiger partial charge in [-0.1, -0.05) is 0 Å². The minimum Gasteiger partial charge on any atom is -0.381 e. The normalized spacial score (nSPS) is 24.5. The molecule has 1 aliphatic heterocycles. The fraction of sp³-hybridized carbons (Fsp3) is 0.625. The van der Waals surface area contributed by atoms with Crippen LogP contribution in [-0.4, -0.2) is 50.0 Å². The molecule has 0 spiro atoms. The first-order valence-electron chi connectivity index (χ1n) is 8.49. The molecule has 1 aromatic rings. The Kier molecular flexibility index (Phi) is 5.26. The maximum atomic E-state index is 13.0. The third kappa shape index (κ3) is 3.78. The van der Waals surface area contributed by atoms with E-state index in [0.717, 1.165) is 32.1 Å². The number of hydrogen-bond donors (Lipinski definition) is 1. The van der Waals surface area contributed by atoms with Crippen LogP contribution in [0.25, 0.3) is 0 Å². The number of methoxy groups -OCH3 is 1. The lowest BCUT2D eigenvalue weighted by Gasteiger charge is -2.21. The number of ether oxygens (including phenoxy) is 1. The molecule has 1 saturated carbocycles. The second-order valence-electron chi connectivity index (χ2n) is 6.56. The average Bonchev–Trinajstić information content (AvgIpc) is 3.26. The van der Waals surface area contributed by atoms with Gasteiger partial charge in [0, 0.05) is 38.4 Å². The lowest BCUT2D eigenvalue weighted by molar-refractivity contribution is -0.385. The van der Waals surface area contributed by atoms with Crippen LogP contribution in [-0.2, 0) is 14.8 Å². The number of hydrogen-bond acceptors (Lipinski definition) is 6. The fourth-order valence-electron chi connectivity index (χ4n) is 3.53. The molecule has 1 heterocycles. The number of non-ortho nitro benzene ring substituents is 1. The number of benzene rings is 1. The van der Waals surface area contributed by atoms with E-state index in [0.29, 0.717) is 18.8 Å². The highest BCUT2D eigenvalue weighted by molar-refractivity contribution is 7.89. The summed E-state index contributed by atoms with van der Waals surface area (Å²) in [5.74, 6) is 0. The summed E-state index contributed by atoms with van der Waals surface area (Å²) in [5.41, 5.74) is 0.212. The van der Waals surface area contributed by atoms with E-state index in [1.54, 1.807) is 7.11 Å². The summed E-state index contributed by atoms with van der Waals surface area (Å²) < 4.78 is 32.7. The molecule has 0 bridgehead atoms. The lowest BCUT2D eigenvalue weighted by Crippen LogP contribution is -2.29. The second-order valence-corrected chi connectivity index (χ2v) is 8.47. The highest BCUT2D eigenvalue weighted by atomic mass is 32.2. The van der Waals surface area contributed by atoms with Crippen molar-refractivity contribution in [2.45, 2.75) is 49.1 Å². The SMILES string of the molecule is COC1CCC(Nc2ccc([N+](=O)[O-])cc2S(=O)(=O)N2CCCC2)C1. The highest BCUT2D eigenvalue weighted by Crippen LogP contribution is 2.33. The molecule has 0 aromatic heterocycles. The highest BCUT2D eigenvalue weighted by Gasteiger charge is 2.32. The number of nitro benzene ring substituents is 1. The molecular formula is C16H23N3O5S. The van der Waals surface area contributed by atoms with Crippen LogP contribution in [0.3, 0.4) is 0 Å². The summed E-state index contributed by atoms with van der Waals surface area (Å²) in [6.45, 7) is 0.916. The zero-order valence-corrected chi connectivity index (χ0v) is 15.0. The maximum absolute atomic E-state index is 13.0. The van der Waals surface area contributed by atoms with Gasteiger partial charge in [-0.25, -0.2) is 8.42 Å². The molecule has 9 heteroatoms. The van der Waals surface area contributed by atoms with E-state index in [9.17, 15) is 18.5 Å². The Balaban J connectivity index is 1.93. The van der Waals surface area contributed by atoms with Crippen molar-refractivity contribution in [2.75, 3.05) is 25.5 Å². The van der Waals surface area contributed by atoms with Crippen LogP contribution in [0.2, 0.25) is 0 Å². The van der Waals surface area contributed by atoms with E-state index < -0.39 is 14.9 Å². The van der Waals surface area contributed by atoms with Crippen molar-refractivity contribution >= 4 is 21.4 Å². The number of nitro groups is 1. The lowest BCUT2D eigenvalue weighted by atomic mass is 10.2. The fourth-order valence-corrected chi connectivity index (χ4v) is 5.22. The summed E-state index contributed by atoms with van der Waals surface area (Å²) >= 11 is 0. The van der Waals surface area contributed by atoms with Crippen molar-refractivity contribution in [1.29, 1.82) is 0 Å². The van der Waals surface area contributed by atoms with Crippen LogP contribution in [0.5, 0.6) is 0 Å². The number of sulfonamides is 1. The molecule has 8 nitrogen and oxygen atoms in total. The minimum absolute atomic E-state index is 0.00975. The van der Waals surface area contributed by atoms with Crippen molar-refractivity contribution in [3.63, 3.8) is 0 Å². The van der Waals surface area contributed by atoms with Gasteiger partial charge in [-0.05, 0) is 38.2 Å². The van der Waals surface area contributed by atoms with Crippen LogP contribution >= 0.6 is 0 Å². The smallest absolute Gasteiger partial charge is 0.270 e. The molecule has 2 unspecified atom stereocenters. The second kappa shape index (κ2) is 7.27. The number of nitrogens with one attached hydrogen (secondary N) is 1. The first kappa shape index (κ1) is 18.1. The molecule has 1 saturated heterocycles. The molecular weight excluding hydrogens is 346 g/mol. The largest absolute Gasteiger partial charge is 0.381 e. The number of anilines is 1. The molecule has 2 atom stereocenters. The van der Waals surface area contributed by atoms with Crippen LogP contribution in [0.1, 0.15) is 32.1 Å². The zero-order chi connectivity index (χ0) is 18.0. The Morgan fingerprint density at radius 1 is 1.28 bits per heavy atom. The first-order chi connectivity index (χ1) is 11.9. The van der Waals surface area contributed by atoms with E-state index in [1.807, 2.05) is 0 Å². The minimum atomic E-state index is -3.75. The van der Waals surface area contributed by atoms with Gasteiger partial charge in [0.15, 0.2) is 0 Å². The first-order valence-corrected chi connectivity index (χ1v) is 9.93. The average molecular weight is 369 g/mol. The van der Waals surface area contributed by atoms with E-state index in [-0.39, 0.29) is 22.7 Å². The van der Waals surface area contributed by atoms with Gasteiger partial charge in [0.05, 0.1) is 16.7 Å². The standard InChI is InChI=1S/C16H23N3O5S/c1-24-14-6-4-12(10-14)17-15-7-5-13(19(20)21)11-16(15)25(22,23)18-8-2-3-9-18/h5,7,11-12,14,17H,2-4,6,8-10H2,1H3. The van der Waals surface area contributed by atoms with Crippen LogP contribution in [0.15, 0.2) is 23.1 Å². The molecule has 1 aromatic carbocycles. The van der Waals surface area contributed by atoms with Gasteiger partial charge in [0.25, 0.3) is 5.69 Å². The summed E-state index contributed by atoms with van der Waals surface area (Å²) in [5, 5.41) is 14.4. The van der Waals surface area contributed by atoms with Gasteiger partial charge in [0.2, 0.25) is 10.0 Å².